The molecule has 1 N–H and O–H groups in total. The fraction of sp³-hybridized carbons (Fsp3) is 0.393. The van der Waals surface area contributed by atoms with E-state index in [1.54, 1.807) is 7.11 Å². The zero-order valence-corrected chi connectivity index (χ0v) is 19.6. The molecule has 1 aliphatic carbocycles. The van der Waals surface area contributed by atoms with Crippen LogP contribution in [0.3, 0.4) is 0 Å². The molecule has 0 bridgehead atoms. The molecule has 6 heteroatoms. The number of benzene rings is 2. The normalized spacial score (nSPS) is 21.1. The van der Waals surface area contributed by atoms with Crippen LogP contribution < -0.4 is 10.1 Å². The van der Waals surface area contributed by atoms with E-state index in [4.69, 9.17) is 4.74 Å². The molecular weight excluding hydrogens is 434 g/mol. The van der Waals surface area contributed by atoms with Gasteiger partial charge in [0.2, 0.25) is 5.91 Å². The Morgan fingerprint density at radius 2 is 1.74 bits per heavy atom. The summed E-state index contributed by atoms with van der Waals surface area (Å²) in [6.45, 7) is 6.39. The third-order valence-corrected chi connectivity index (χ3v) is 7.05. The smallest absolute Gasteiger partial charge is 0.244 e. The summed E-state index contributed by atoms with van der Waals surface area (Å²) in [7, 11) is 1.68. The van der Waals surface area contributed by atoms with E-state index >= 15 is 0 Å². The minimum Gasteiger partial charge on any atom is -0.497 e. The van der Waals surface area contributed by atoms with Crippen LogP contribution in [0.5, 0.6) is 5.75 Å². The zero-order chi connectivity index (χ0) is 24.1. The molecule has 4 rings (SSSR count). The number of halogens is 2. The fourth-order valence-electron chi connectivity index (χ4n) is 5.14. The fourth-order valence-corrected chi connectivity index (χ4v) is 5.14. The molecule has 34 heavy (non-hydrogen) atoms. The Kier molecular flexibility index (Phi) is 7.66. The average molecular weight is 467 g/mol. The van der Waals surface area contributed by atoms with Crippen molar-refractivity contribution in [2.24, 2.45) is 5.92 Å². The number of nitrogens with zero attached hydrogens (tertiary/aromatic N) is 1. The Morgan fingerprint density at radius 1 is 1.06 bits per heavy atom. The van der Waals surface area contributed by atoms with E-state index in [2.05, 4.69) is 28.9 Å². The zero-order valence-electron chi connectivity index (χ0n) is 19.6. The van der Waals surface area contributed by atoms with E-state index in [9.17, 15) is 13.6 Å². The molecule has 1 heterocycles. The van der Waals surface area contributed by atoms with Crippen LogP contribution >= 0.6 is 0 Å². The molecular formula is C28H32F2N2O2. The number of nitrogens with one attached hydrogen (secondary N) is 1. The molecule has 1 aliphatic heterocycles. The molecule has 0 spiro atoms. The minimum absolute atomic E-state index is 0.0833. The summed E-state index contributed by atoms with van der Waals surface area (Å²) in [5, 5.41) is 3.02. The number of carbonyl (C=O) groups excluding carboxylic acids is 1. The van der Waals surface area contributed by atoms with Gasteiger partial charge in [-0.2, -0.15) is 0 Å². The van der Waals surface area contributed by atoms with Gasteiger partial charge in [-0.1, -0.05) is 18.7 Å². The number of methoxy groups -OCH3 is 1. The first kappa shape index (κ1) is 24.0. The molecule has 1 saturated heterocycles. The number of allylic oxidation sites excluding steroid dienone is 1. The van der Waals surface area contributed by atoms with Crippen molar-refractivity contribution >= 4 is 12.0 Å². The van der Waals surface area contributed by atoms with Crippen molar-refractivity contribution in [2.75, 3.05) is 20.2 Å². The van der Waals surface area contributed by atoms with Crippen LogP contribution in [0.2, 0.25) is 0 Å². The summed E-state index contributed by atoms with van der Waals surface area (Å²) in [5.74, 6) is 0.237. The van der Waals surface area contributed by atoms with Gasteiger partial charge in [-0.05, 0) is 79.5 Å². The summed E-state index contributed by atoms with van der Waals surface area (Å²) in [4.78, 5) is 14.7. The van der Waals surface area contributed by atoms with Gasteiger partial charge in [-0.3, -0.25) is 4.79 Å². The third kappa shape index (κ3) is 6.04. The molecule has 2 aromatic carbocycles. The molecule has 4 nitrogen and oxygen atoms in total. The maximum absolute atomic E-state index is 13.3. The van der Waals surface area contributed by atoms with Gasteiger partial charge in [0.1, 0.15) is 17.4 Å². The standard InChI is InChI=1S/C28H32F2N2O2/c1-19(32-13-11-22(12-14-32)21-5-8-27(34-2)9-6-21)23-4-7-26(17-23)31-28(33)10-3-20-15-24(29)18-25(30)16-20/h3,5-6,8-10,15-16,18,22-23,26H,1,4,7,11-14,17H2,2H3,(H,31,33)/b10-3+/t23-,26+/m0/s1. The van der Waals surface area contributed by atoms with Crippen molar-refractivity contribution in [3.05, 3.63) is 83.6 Å². The van der Waals surface area contributed by atoms with Crippen LogP contribution in [0.1, 0.15) is 49.1 Å². The maximum atomic E-state index is 13.3. The molecule has 2 atom stereocenters. The number of carbonyl (C=O) groups is 1. The molecule has 2 aromatic rings. The lowest BCUT2D eigenvalue weighted by Gasteiger charge is -2.37. The number of hydrogen-bond acceptors (Lipinski definition) is 3. The lowest BCUT2D eigenvalue weighted by Crippen LogP contribution is -2.35. The molecule has 1 saturated carbocycles. The second-order valence-electron chi connectivity index (χ2n) is 9.28. The van der Waals surface area contributed by atoms with E-state index in [-0.39, 0.29) is 11.9 Å². The molecule has 1 amide bonds. The van der Waals surface area contributed by atoms with Gasteiger partial charge in [-0.25, -0.2) is 8.78 Å². The molecule has 2 fully saturated rings. The van der Waals surface area contributed by atoms with Crippen LogP contribution in [-0.2, 0) is 4.79 Å². The minimum atomic E-state index is -0.662. The predicted molar refractivity (Wildman–Crippen MR) is 130 cm³/mol. The SMILES string of the molecule is C=C([C@H]1CC[C@@H](NC(=O)/C=C/c2cc(F)cc(F)c2)C1)N1CCC(c2ccc(OC)cc2)CC1. The Hall–Kier alpha value is -3.15. The molecule has 180 valence electrons. The van der Waals surface area contributed by atoms with E-state index in [1.807, 2.05) is 12.1 Å². The van der Waals surface area contributed by atoms with Crippen LogP contribution in [0.4, 0.5) is 8.78 Å². The number of rotatable bonds is 7. The topological polar surface area (TPSA) is 41.6 Å². The highest BCUT2D eigenvalue weighted by molar-refractivity contribution is 5.91. The van der Waals surface area contributed by atoms with Crippen LogP contribution in [0.25, 0.3) is 6.08 Å². The first-order chi connectivity index (χ1) is 16.4. The van der Waals surface area contributed by atoms with Crippen LogP contribution in [-0.4, -0.2) is 37.0 Å². The molecule has 0 radical (unpaired) electrons. The average Bonchev–Trinajstić information content (AvgIpc) is 3.30. The number of piperidine rings is 1. The van der Waals surface area contributed by atoms with Gasteiger partial charge in [0.25, 0.3) is 0 Å². The molecule has 2 aliphatic rings. The van der Waals surface area contributed by atoms with Crippen molar-refractivity contribution in [2.45, 2.75) is 44.1 Å². The Balaban J connectivity index is 1.23. The molecule has 0 unspecified atom stereocenters. The Labute approximate surface area is 200 Å². The van der Waals surface area contributed by atoms with Crippen molar-refractivity contribution in [1.82, 2.24) is 10.2 Å². The van der Waals surface area contributed by atoms with Gasteiger partial charge < -0.3 is 15.0 Å². The monoisotopic (exact) mass is 466 g/mol. The lowest BCUT2D eigenvalue weighted by atomic mass is 9.88. The van der Waals surface area contributed by atoms with Crippen molar-refractivity contribution in [1.29, 1.82) is 0 Å². The van der Waals surface area contributed by atoms with Crippen molar-refractivity contribution < 1.29 is 18.3 Å². The first-order valence-corrected chi connectivity index (χ1v) is 11.9. The predicted octanol–water partition coefficient (Wildman–Crippen LogP) is 5.66. The largest absolute Gasteiger partial charge is 0.497 e. The lowest BCUT2D eigenvalue weighted by molar-refractivity contribution is -0.117. The van der Waals surface area contributed by atoms with E-state index in [0.717, 1.165) is 57.0 Å². The highest BCUT2D eigenvalue weighted by atomic mass is 19.1. The van der Waals surface area contributed by atoms with E-state index < -0.39 is 11.6 Å². The summed E-state index contributed by atoms with van der Waals surface area (Å²) in [6, 6.07) is 11.7. The van der Waals surface area contributed by atoms with Gasteiger partial charge >= 0.3 is 0 Å². The summed E-state index contributed by atoms with van der Waals surface area (Å²) in [5.41, 5.74) is 2.86. The molecule has 0 aromatic heterocycles. The van der Waals surface area contributed by atoms with Gasteiger partial charge in [-0.15, -0.1) is 0 Å². The maximum Gasteiger partial charge on any atom is 0.244 e. The Bertz CT molecular complexity index is 1020. The second-order valence-corrected chi connectivity index (χ2v) is 9.28. The third-order valence-electron chi connectivity index (χ3n) is 7.05. The highest BCUT2D eigenvalue weighted by Crippen LogP contribution is 2.36. The summed E-state index contributed by atoms with van der Waals surface area (Å²) < 4.78 is 31.9. The first-order valence-electron chi connectivity index (χ1n) is 11.9. The van der Waals surface area contributed by atoms with E-state index in [1.165, 1.54) is 35.5 Å². The van der Waals surface area contributed by atoms with Gasteiger partial charge in [0, 0.05) is 42.9 Å². The number of amides is 1. The van der Waals surface area contributed by atoms with Crippen molar-refractivity contribution in [3.63, 3.8) is 0 Å². The number of likely N-dealkylation sites (tertiary alicyclic amines) is 1. The van der Waals surface area contributed by atoms with E-state index in [0.29, 0.717) is 17.4 Å². The van der Waals surface area contributed by atoms with Crippen LogP contribution in [0, 0.1) is 17.6 Å². The summed E-state index contributed by atoms with van der Waals surface area (Å²) >= 11 is 0. The van der Waals surface area contributed by atoms with Gasteiger partial charge in [0.15, 0.2) is 0 Å². The number of hydrogen-bond donors (Lipinski definition) is 1. The van der Waals surface area contributed by atoms with Crippen LogP contribution in [0.15, 0.2) is 60.8 Å². The quantitative estimate of drug-likeness (QED) is 0.535. The second kappa shape index (κ2) is 10.9. The summed E-state index contributed by atoms with van der Waals surface area (Å²) in [6.07, 6.45) is 7.74. The Morgan fingerprint density at radius 3 is 2.38 bits per heavy atom. The van der Waals surface area contributed by atoms with Crippen molar-refractivity contribution in [3.8, 4) is 5.75 Å². The number of ether oxygens (including phenoxy) is 1. The highest BCUT2D eigenvalue weighted by Gasteiger charge is 2.31. The van der Waals surface area contributed by atoms with Gasteiger partial charge in [0.05, 0.1) is 7.11 Å².